The summed E-state index contributed by atoms with van der Waals surface area (Å²) in [6, 6.07) is 16.0. The van der Waals surface area contributed by atoms with E-state index < -0.39 is 0 Å². The van der Waals surface area contributed by atoms with Gasteiger partial charge in [-0.15, -0.1) is 0 Å². The molecule has 0 N–H and O–H groups in total. The number of benzene rings is 2. The van der Waals surface area contributed by atoms with Crippen LogP contribution in [0.5, 0.6) is 5.75 Å². The van der Waals surface area contributed by atoms with Gasteiger partial charge < -0.3 is 4.74 Å². The third-order valence-electron chi connectivity index (χ3n) is 5.66. The summed E-state index contributed by atoms with van der Waals surface area (Å²) in [5.41, 5.74) is 3.51. The fourth-order valence-electron chi connectivity index (χ4n) is 4.31. The van der Waals surface area contributed by atoms with Crippen molar-refractivity contribution in [3.8, 4) is 11.8 Å². The Balaban J connectivity index is 1.70. The Morgan fingerprint density at radius 1 is 1.12 bits per heavy atom. The maximum Gasteiger partial charge on any atom is 0.124 e. The van der Waals surface area contributed by atoms with E-state index in [0.717, 1.165) is 37.1 Å². The van der Waals surface area contributed by atoms with Crippen LogP contribution >= 0.6 is 0 Å². The summed E-state index contributed by atoms with van der Waals surface area (Å²) in [5.74, 6) is 0.806. The van der Waals surface area contributed by atoms with Crippen LogP contribution in [0.1, 0.15) is 48.0 Å². The Morgan fingerprint density at radius 2 is 1.92 bits per heavy atom. The van der Waals surface area contributed by atoms with Crippen LogP contribution < -0.4 is 4.74 Å². The van der Waals surface area contributed by atoms with Gasteiger partial charge in [0.15, 0.2) is 0 Å². The van der Waals surface area contributed by atoms with E-state index in [1.54, 1.807) is 0 Å². The Labute approximate surface area is 154 Å². The zero-order chi connectivity index (χ0) is 18.1. The van der Waals surface area contributed by atoms with Gasteiger partial charge in [0.1, 0.15) is 11.6 Å². The third kappa shape index (κ3) is 3.20. The summed E-state index contributed by atoms with van der Waals surface area (Å²) in [6.45, 7) is 3.65. The third-order valence-corrected chi connectivity index (χ3v) is 5.66. The van der Waals surface area contributed by atoms with Crippen molar-refractivity contribution in [2.75, 3.05) is 13.2 Å². The van der Waals surface area contributed by atoms with Crippen molar-refractivity contribution in [2.45, 2.75) is 38.3 Å². The molecule has 1 fully saturated rings. The van der Waals surface area contributed by atoms with Crippen LogP contribution in [0.25, 0.3) is 0 Å². The van der Waals surface area contributed by atoms with E-state index in [4.69, 9.17) is 4.74 Å². The zero-order valence-corrected chi connectivity index (χ0v) is 15.0. The molecule has 1 saturated heterocycles. The number of halogens is 1. The number of nitrogens with zero attached hydrogens (tertiary/aromatic N) is 2. The second-order valence-electron chi connectivity index (χ2n) is 7.35. The summed E-state index contributed by atoms with van der Waals surface area (Å²) in [7, 11) is 0. The van der Waals surface area contributed by atoms with Crippen molar-refractivity contribution in [1.29, 1.82) is 5.26 Å². The number of piperidine rings is 1. The molecular weight excluding hydrogens is 327 g/mol. The number of ether oxygens (including phenoxy) is 1. The Bertz CT molecular complexity index is 827. The van der Waals surface area contributed by atoms with Gasteiger partial charge in [-0.3, -0.25) is 4.90 Å². The standard InChI is InChI=1S/C22H23FN2O/c1-15-2-7-19-20(9-11-26-22(19)12-15)25-10-8-16(14-24)13-21(25)17-3-5-18(23)6-4-17/h2-7,12,16,20-21H,8-11,13H2,1H3/t16?,20-,21-/m1/s1. The minimum atomic E-state index is -0.222. The molecule has 3 nitrogen and oxygen atoms in total. The van der Waals surface area contributed by atoms with Gasteiger partial charge >= 0.3 is 0 Å². The maximum atomic E-state index is 13.4. The molecule has 0 bridgehead atoms. The van der Waals surface area contributed by atoms with Gasteiger partial charge in [-0.05, 0) is 49.1 Å². The first-order valence-corrected chi connectivity index (χ1v) is 9.30. The lowest BCUT2D eigenvalue weighted by Crippen LogP contribution is -2.41. The molecule has 2 aliphatic rings. The van der Waals surface area contributed by atoms with Crippen LogP contribution in [0.2, 0.25) is 0 Å². The normalized spacial score (nSPS) is 25.8. The van der Waals surface area contributed by atoms with Gasteiger partial charge in [0, 0.05) is 36.5 Å². The molecule has 2 heterocycles. The largest absolute Gasteiger partial charge is 0.493 e. The van der Waals surface area contributed by atoms with Crippen molar-refractivity contribution < 1.29 is 9.13 Å². The molecule has 1 unspecified atom stereocenters. The number of rotatable bonds is 2. The Hall–Kier alpha value is -2.38. The monoisotopic (exact) mass is 350 g/mol. The minimum Gasteiger partial charge on any atom is -0.493 e. The number of aryl methyl sites for hydroxylation is 1. The topological polar surface area (TPSA) is 36.3 Å². The first-order chi connectivity index (χ1) is 12.7. The zero-order valence-electron chi connectivity index (χ0n) is 15.0. The lowest BCUT2D eigenvalue weighted by Gasteiger charge is -2.44. The highest BCUT2D eigenvalue weighted by Crippen LogP contribution is 2.44. The highest BCUT2D eigenvalue weighted by molar-refractivity contribution is 5.41. The highest BCUT2D eigenvalue weighted by Gasteiger charge is 2.36. The van der Waals surface area contributed by atoms with Crippen LogP contribution in [-0.4, -0.2) is 18.1 Å². The molecule has 0 aliphatic carbocycles. The second-order valence-corrected chi connectivity index (χ2v) is 7.35. The van der Waals surface area contributed by atoms with Crippen LogP contribution in [0.15, 0.2) is 42.5 Å². The van der Waals surface area contributed by atoms with Crippen molar-refractivity contribution >= 4 is 0 Å². The molecule has 2 aromatic carbocycles. The van der Waals surface area contributed by atoms with Crippen molar-refractivity contribution in [3.05, 3.63) is 65.0 Å². The molecule has 0 saturated carbocycles. The van der Waals surface area contributed by atoms with Crippen LogP contribution in [0.4, 0.5) is 4.39 Å². The van der Waals surface area contributed by atoms with E-state index in [1.807, 2.05) is 12.1 Å². The molecule has 0 radical (unpaired) electrons. The smallest absolute Gasteiger partial charge is 0.124 e. The van der Waals surface area contributed by atoms with Gasteiger partial charge in [-0.1, -0.05) is 24.3 Å². The van der Waals surface area contributed by atoms with Gasteiger partial charge in [-0.2, -0.15) is 5.26 Å². The molecule has 4 heteroatoms. The SMILES string of the molecule is Cc1ccc2c(c1)OCC[C@H]2N1CCC(C#N)C[C@@H]1c1ccc(F)cc1. The van der Waals surface area contributed by atoms with E-state index in [0.29, 0.717) is 6.61 Å². The van der Waals surface area contributed by atoms with E-state index in [2.05, 4.69) is 36.1 Å². The van der Waals surface area contributed by atoms with Crippen LogP contribution in [-0.2, 0) is 0 Å². The van der Waals surface area contributed by atoms with Gasteiger partial charge in [0.25, 0.3) is 0 Å². The molecule has 0 amide bonds. The summed E-state index contributed by atoms with van der Waals surface area (Å²) >= 11 is 0. The number of likely N-dealkylation sites (tertiary alicyclic amines) is 1. The predicted octanol–water partition coefficient (Wildman–Crippen LogP) is 4.93. The van der Waals surface area contributed by atoms with Crippen LogP contribution in [0.3, 0.4) is 0 Å². The lowest BCUT2D eigenvalue weighted by atomic mass is 9.85. The number of hydrogen-bond acceptors (Lipinski definition) is 3. The number of fused-ring (bicyclic) bond motifs is 1. The Kier molecular flexibility index (Phi) is 4.65. The van der Waals surface area contributed by atoms with Gasteiger partial charge in [0.05, 0.1) is 12.7 Å². The molecule has 0 aromatic heterocycles. The molecule has 2 aromatic rings. The summed E-state index contributed by atoms with van der Waals surface area (Å²) in [6.07, 6.45) is 2.61. The molecule has 26 heavy (non-hydrogen) atoms. The lowest BCUT2D eigenvalue weighted by molar-refractivity contribution is 0.0551. The first-order valence-electron chi connectivity index (χ1n) is 9.30. The molecule has 134 valence electrons. The van der Waals surface area contributed by atoms with Crippen molar-refractivity contribution in [2.24, 2.45) is 5.92 Å². The van der Waals surface area contributed by atoms with E-state index in [9.17, 15) is 9.65 Å². The maximum absolute atomic E-state index is 13.4. The second kappa shape index (κ2) is 7.09. The van der Waals surface area contributed by atoms with E-state index in [-0.39, 0.29) is 23.8 Å². The number of nitriles is 1. The fraction of sp³-hybridized carbons (Fsp3) is 0.409. The first kappa shape index (κ1) is 17.1. The van der Waals surface area contributed by atoms with Crippen molar-refractivity contribution in [1.82, 2.24) is 4.90 Å². The molecular formula is C22H23FN2O. The fourth-order valence-corrected chi connectivity index (χ4v) is 4.31. The molecule has 2 aliphatic heterocycles. The number of hydrogen-bond donors (Lipinski definition) is 0. The molecule has 4 rings (SSSR count). The average Bonchev–Trinajstić information content (AvgIpc) is 2.67. The van der Waals surface area contributed by atoms with Gasteiger partial charge in [0.2, 0.25) is 0 Å². The molecule has 3 atom stereocenters. The van der Waals surface area contributed by atoms with Crippen LogP contribution in [0, 0.1) is 30.0 Å². The Morgan fingerprint density at radius 3 is 2.69 bits per heavy atom. The van der Waals surface area contributed by atoms with Crippen molar-refractivity contribution in [3.63, 3.8) is 0 Å². The van der Waals surface area contributed by atoms with E-state index >= 15 is 0 Å². The molecule has 0 spiro atoms. The average molecular weight is 350 g/mol. The summed E-state index contributed by atoms with van der Waals surface area (Å²) in [4.78, 5) is 2.50. The summed E-state index contributed by atoms with van der Waals surface area (Å²) in [5, 5.41) is 9.44. The quantitative estimate of drug-likeness (QED) is 0.770. The minimum absolute atomic E-state index is 0.0543. The predicted molar refractivity (Wildman–Crippen MR) is 98.2 cm³/mol. The van der Waals surface area contributed by atoms with E-state index in [1.165, 1.54) is 23.3 Å². The summed E-state index contributed by atoms with van der Waals surface area (Å²) < 4.78 is 19.3. The highest BCUT2D eigenvalue weighted by atomic mass is 19.1. The van der Waals surface area contributed by atoms with Gasteiger partial charge in [-0.25, -0.2) is 4.39 Å².